The molecule has 1 N–H and O–H groups in total. The average molecular weight is 387 g/mol. The lowest BCUT2D eigenvalue weighted by molar-refractivity contribution is 0.0937. The van der Waals surface area contributed by atoms with Crippen LogP contribution in [-0.2, 0) is 0 Å². The van der Waals surface area contributed by atoms with E-state index in [0.717, 1.165) is 13.1 Å². The standard InChI is InChI=1S/C17H27BrN2O3/c1-6-20(7-2)12(4)11-19-17(21)13-9-14(18)16(23-8-3)15(10-13)22-5/h9-10,12H,6-8,11H2,1-5H3,(H,19,21). The Kier molecular flexibility index (Phi) is 8.41. The number of methoxy groups -OCH3 is 1. The van der Waals surface area contributed by atoms with Crippen LogP contribution in [0.25, 0.3) is 0 Å². The predicted molar refractivity (Wildman–Crippen MR) is 96.6 cm³/mol. The van der Waals surface area contributed by atoms with Crippen LogP contribution in [0.1, 0.15) is 38.1 Å². The molecule has 0 bridgehead atoms. The van der Waals surface area contributed by atoms with Crippen molar-refractivity contribution in [1.29, 1.82) is 0 Å². The lowest BCUT2D eigenvalue weighted by Crippen LogP contribution is -2.42. The second kappa shape index (κ2) is 9.78. The number of carbonyl (C=O) groups is 1. The molecule has 1 aromatic carbocycles. The summed E-state index contributed by atoms with van der Waals surface area (Å²) in [5, 5.41) is 2.98. The summed E-state index contributed by atoms with van der Waals surface area (Å²) in [7, 11) is 1.56. The lowest BCUT2D eigenvalue weighted by Gasteiger charge is -2.26. The van der Waals surface area contributed by atoms with Gasteiger partial charge in [-0.2, -0.15) is 0 Å². The Morgan fingerprint density at radius 2 is 1.96 bits per heavy atom. The number of hydrogen-bond donors (Lipinski definition) is 1. The van der Waals surface area contributed by atoms with E-state index >= 15 is 0 Å². The second-order valence-corrected chi connectivity index (χ2v) is 6.06. The summed E-state index contributed by atoms with van der Waals surface area (Å²) < 4.78 is 11.6. The van der Waals surface area contributed by atoms with Crippen LogP contribution in [0.4, 0.5) is 0 Å². The summed E-state index contributed by atoms with van der Waals surface area (Å²) >= 11 is 3.44. The smallest absolute Gasteiger partial charge is 0.251 e. The van der Waals surface area contributed by atoms with Crippen molar-refractivity contribution in [2.24, 2.45) is 0 Å². The van der Waals surface area contributed by atoms with Crippen LogP contribution < -0.4 is 14.8 Å². The van der Waals surface area contributed by atoms with Crippen LogP contribution in [0.15, 0.2) is 16.6 Å². The normalized spacial score (nSPS) is 12.1. The zero-order valence-electron chi connectivity index (χ0n) is 14.6. The number of carbonyl (C=O) groups excluding carboxylic acids is 1. The van der Waals surface area contributed by atoms with Crippen molar-refractivity contribution in [2.45, 2.75) is 33.7 Å². The van der Waals surface area contributed by atoms with Crippen LogP contribution in [-0.4, -0.2) is 50.2 Å². The molecule has 1 unspecified atom stereocenters. The molecule has 1 atom stereocenters. The maximum atomic E-state index is 12.4. The van der Waals surface area contributed by atoms with Crippen molar-refractivity contribution in [3.63, 3.8) is 0 Å². The van der Waals surface area contributed by atoms with Gasteiger partial charge in [0.05, 0.1) is 18.2 Å². The molecule has 0 aromatic heterocycles. The molecule has 0 saturated heterocycles. The molecule has 1 rings (SSSR count). The first kappa shape index (κ1) is 19.8. The summed E-state index contributed by atoms with van der Waals surface area (Å²) in [4.78, 5) is 14.7. The maximum absolute atomic E-state index is 12.4. The van der Waals surface area contributed by atoms with Gasteiger partial charge in [-0.1, -0.05) is 13.8 Å². The highest BCUT2D eigenvalue weighted by Crippen LogP contribution is 2.36. The first-order valence-electron chi connectivity index (χ1n) is 8.00. The van der Waals surface area contributed by atoms with E-state index in [2.05, 4.69) is 46.9 Å². The molecule has 0 saturated carbocycles. The minimum Gasteiger partial charge on any atom is -0.493 e. The van der Waals surface area contributed by atoms with Crippen LogP contribution >= 0.6 is 15.9 Å². The van der Waals surface area contributed by atoms with E-state index in [1.54, 1.807) is 19.2 Å². The fraction of sp³-hybridized carbons (Fsp3) is 0.588. The third-order valence-electron chi connectivity index (χ3n) is 3.77. The molecule has 0 fully saturated rings. The van der Waals surface area contributed by atoms with Crippen molar-refractivity contribution >= 4 is 21.8 Å². The van der Waals surface area contributed by atoms with Gasteiger partial charge in [-0.05, 0) is 55.0 Å². The van der Waals surface area contributed by atoms with E-state index in [4.69, 9.17) is 9.47 Å². The zero-order chi connectivity index (χ0) is 17.4. The molecule has 1 aromatic rings. The van der Waals surface area contributed by atoms with E-state index in [1.165, 1.54) is 0 Å². The van der Waals surface area contributed by atoms with Crippen LogP contribution in [0.3, 0.4) is 0 Å². The van der Waals surface area contributed by atoms with Gasteiger partial charge in [0.25, 0.3) is 5.91 Å². The molecule has 0 heterocycles. The van der Waals surface area contributed by atoms with Crippen LogP contribution in [0, 0.1) is 0 Å². The average Bonchev–Trinajstić information content (AvgIpc) is 2.55. The van der Waals surface area contributed by atoms with Crippen molar-refractivity contribution < 1.29 is 14.3 Å². The van der Waals surface area contributed by atoms with Crippen molar-refractivity contribution in [2.75, 3.05) is 33.4 Å². The summed E-state index contributed by atoms with van der Waals surface area (Å²) in [5.74, 6) is 1.04. The zero-order valence-corrected chi connectivity index (χ0v) is 16.2. The van der Waals surface area contributed by atoms with Gasteiger partial charge in [-0.25, -0.2) is 0 Å². The fourth-order valence-electron chi connectivity index (χ4n) is 2.45. The third-order valence-corrected chi connectivity index (χ3v) is 4.36. The molecule has 6 heteroatoms. The lowest BCUT2D eigenvalue weighted by atomic mass is 10.1. The molecule has 0 aliphatic heterocycles. The Morgan fingerprint density at radius 3 is 2.48 bits per heavy atom. The van der Waals surface area contributed by atoms with Crippen molar-refractivity contribution in [1.82, 2.24) is 10.2 Å². The van der Waals surface area contributed by atoms with Gasteiger partial charge >= 0.3 is 0 Å². The van der Waals surface area contributed by atoms with E-state index in [1.807, 2.05) is 6.92 Å². The third kappa shape index (κ3) is 5.39. The molecule has 23 heavy (non-hydrogen) atoms. The first-order chi connectivity index (χ1) is 11.0. The Labute approximate surface area is 147 Å². The van der Waals surface area contributed by atoms with Crippen molar-refractivity contribution in [3.8, 4) is 11.5 Å². The number of likely N-dealkylation sites (N-methyl/N-ethyl adjacent to an activating group) is 1. The Morgan fingerprint density at radius 1 is 1.30 bits per heavy atom. The van der Waals surface area contributed by atoms with Crippen molar-refractivity contribution in [3.05, 3.63) is 22.2 Å². The van der Waals surface area contributed by atoms with Gasteiger partial charge in [0.15, 0.2) is 11.5 Å². The highest BCUT2D eigenvalue weighted by Gasteiger charge is 2.17. The van der Waals surface area contributed by atoms with Gasteiger partial charge in [-0.3, -0.25) is 9.69 Å². The number of nitrogens with one attached hydrogen (secondary N) is 1. The van der Waals surface area contributed by atoms with E-state index in [0.29, 0.717) is 40.7 Å². The SMILES string of the molecule is CCOc1c(Br)cc(C(=O)NCC(C)N(CC)CC)cc1OC. The summed E-state index contributed by atoms with van der Waals surface area (Å²) in [5.41, 5.74) is 0.545. The topological polar surface area (TPSA) is 50.8 Å². The largest absolute Gasteiger partial charge is 0.493 e. The number of halogens is 1. The second-order valence-electron chi connectivity index (χ2n) is 5.20. The van der Waals surface area contributed by atoms with E-state index in [-0.39, 0.29) is 5.91 Å². The molecule has 130 valence electrons. The van der Waals surface area contributed by atoms with E-state index < -0.39 is 0 Å². The summed E-state index contributed by atoms with van der Waals surface area (Å²) in [6.45, 7) is 11.3. The van der Waals surface area contributed by atoms with Crippen LogP contribution in [0.2, 0.25) is 0 Å². The number of ether oxygens (including phenoxy) is 2. The first-order valence-corrected chi connectivity index (χ1v) is 8.80. The maximum Gasteiger partial charge on any atom is 0.251 e. The quantitative estimate of drug-likeness (QED) is 0.706. The van der Waals surface area contributed by atoms with Gasteiger partial charge in [0, 0.05) is 18.2 Å². The Balaban J connectivity index is 2.82. The fourth-order valence-corrected chi connectivity index (χ4v) is 3.01. The molecule has 0 spiro atoms. The van der Waals surface area contributed by atoms with Crippen LogP contribution in [0.5, 0.6) is 11.5 Å². The van der Waals surface area contributed by atoms with Gasteiger partial charge in [0.2, 0.25) is 0 Å². The molecular weight excluding hydrogens is 360 g/mol. The van der Waals surface area contributed by atoms with Gasteiger partial charge in [-0.15, -0.1) is 0 Å². The number of hydrogen-bond acceptors (Lipinski definition) is 4. The van der Waals surface area contributed by atoms with Gasteiger partial charge in [0.1, 0.15) is 0 Å². The number of benzene rings is 1. The number of amides is 1. The number of rotatable bonds is 9. The highest BCUT2D eigenvalue weighted by molar-refractivity contribution is 9.10. The Bertz CT molecular complexity index is 519. The minimum absolute atomic E-state index is 0.119. The molecule has 0 aliphatic carbocycles. The highest BCUT2D eigenvalue weighted by atomic mass is 79.9. The molecular formula is C17H27BrN2O3. The monoisotopic (exact) mass is 386 g/mol. The summed E-state index contributed by atoms with van der Waals surface area (Å²) in [6, 6.07) is 3.75. The molecule has 1 amide bonds. The minimum atomic E-state index is -0.119. The Hall–Kier alpha value is -1.27. The predicted octanol–water partition coefficient (Wildman–Crippen LogP) is 3.32. The van der Waals surface area contributed by atoms with Gasteiger partial charge < -0.3 is 14.8 Å². The number of nitrogens with zero attached hydrogens (tertiary/aromatic N) is 1. The molecule has 0 radical (unpaired) electrons. The summed E-state index contributed by atoms with van der Waals surface area (Å²) in [6.07, 6.45) is 0. The molecule has 5 nitrogen and oxygen atoms in total. The van der Waals surface area contributed by atoms with E-state index in [9.17, 15) is 4.79 Å². The molecule has 0 aliphatic rings.